The summed E-state index contributed by atoms with van der Waals surface area (Å²) in [6.45, 7) is 6.14. The maximum Gasteiger partial charge on any atom is 0.271 e. The standard InChI is InChI=1S/C32H30N4O3S/c1-19-10-12-25(13-11-19)40-18-22-14-20(2)15-26(21(22)3)30-27(17-33)32(34)35(28-8-5-9-29(37)31(28)30)23-6-4-7-24(16-23)36(38)39/h4,6-7,10-16,30H,5,8-9,18,34H2,1-3H3. The number of aryl methyl sites for hydroxylation is 2. The van der Waals surface area contributed by atoms with E-state index in [9.17, 15) is 20.2 Å². The highest BCUT2D eigenvalue weighted by molar-refractivity contribution is 7.98. The van der Waals surface area contributed by atoms with Crippen molar-refractivity contribution in [3.05, 3.63) is 121 Å². The molecule has 8 heteroatoms. The van der Waals surface area contributed by atoms with Crippen molar-refractivity contribution in [2.45, 2.75) is 56.6 Å². The van der Waals surface area contributed by atoms with Crippen LogP contribution in [0.5, 0.6) is 0 Å². The van der Waals surface area contributed by atoms with Crippen molar-refractivity contribution in [2.75, 3.05) is 4.90 Å². The third kappa shape index (κ3) is 5.01. The number of non-ortho nitro benzene ring substituents is 1. The summed E-state index contributed by atoms with van der Waals surface area (Å²) in [5, 5.41) is 21.9. The summed E-state index contributed by atoms with van der Waals surface area (Å²) >= 11 is 1.75. The summed E-state index contributed by atoms with van der Waals surface area (Å²) in [7, 11) is 0. The van der Waals surface area contributed by atoms with Crippen molar-refractivity contribution in [3.8, 4) is 6.07 Å². The normalized spacial score (nSPS) is 17.1. The molecule has 2 aliphatic rings. The Hall–Kier alpha value is -4.35. The molecule has 0 bridgehead atoms. The molecule has 1 heterocycles. The highest BCUT2D eigenvalue weighted by Gasteiger charge is 2.41. The molecule has 3 aromatic rings. The SMILES string of the molecule is Cc1ccc(SCc2cc(C)cc(C3C(C#N)=C(N)N(c4cccc([N+](=O)[O-])c4)C4=C3C(=O)CCC4)c2C)cc1. The van der Waals surface area contributed by atoms with Crippen molar-refractivity contribution >= 4 is 28.9 Å². The third-order valence-corrected chi connectivity index (χ3v) is 8.70. The van der Waals surface area contributed by atoms with Crippen LogP contribution in [0.4, 0.5) is 11.4 Å². The number of thioether (sulfide) groups is 1. The largest absolute Gasteiger partial charge is 0.384 e. The molecule has 40 heavy (non-hydrogen) atoms. The summed E-state index contributed by atoms with van der Waals surface area (Å²) in [5.41, 5.74) is 14.0. The van der Waals surface area contributed by atoms with E-state index >= 15 is 0 Å². The van der Waals surface area contributed by atoms with E-state index in [4.69, 9.17) is 5.73 Å². The average Bonchev–Trinajstić information content (AvgIpc) is 2.93. The van der Waals surface area contributed by atoms with Gasteiger partial charge in [0.2, 0.25) is 0 Å². The first-order valence-electron chi connectivity index (χ1n) is 13.2. The van der Waals surface area contributed by atoms with Gasteiger partial charge < -0.3 is 5.73 Å². The van der Waals surface area contributed by atoms with E-state index in [1.165, 1.54) is 22.6 Å². The molecule has 0 saturated carbocycles. The van der Waals surface area contributed by atoms with Gasteiger partial charge in [0.25, 0.3) is 5.69 Å². The Balaban J connectivity index is 1.63. The zero-order valence-electron chi connectivity index (χ0n) is 22.7. The van der Waals surface area contributed by atoms with Gasteiger partial charge >= 0.3 is 0 Å². The first kappa shape index (κ1) is 27.2. The number of carbonyl (C=O) groups is 1. The lowest BCUT2D eigenvalue weighted by molar-refractivity contribution is -0.384. The molecule has 0 radical (unpaired) electrons. The lowest BCUT2D eigenvalue weighted by atomic mass is 9.73. The van der Waals surface area contributed by atoms with Crippen LogP contribution in [0.3, 0.4) is 0 Å². The number of nitriles is 1. The van der Waals surface area contributed by atoms with Crippen LogP contribution in [0.1, 0.15) is 53.0 Å². The smallest absolute Gasteiger partial charge is 0.271 e. The molecule has 3 aromatic carbocycles. The van der Waals surface area contributed by atoms with Crippen LogP contribution < -0.4 is 10.6 Å². The van der Waals surface area contributed by atoms with Gasteiger partial charge in [0.05, 0.1) is 28.2 Å². The zero-order chi connectivity index (χ0) is 28.6. The fourth-order valence-corrected chi connectivity index (χ4v) is 6.60. The van der Waals surface area contributed by atoms with Crippen LogP contribution in [0.25, 0.3) is 0 Å². The fourth-order valence-electron chi connectivity index (χ4n) is 5.65. The van der Waals surface area contributed by atoms with Crippen molar-refractivity contribution in [1.29, 1.82) is 5.26 Å². The van der Waals surface area contributed by atoms with E-state index in [1.54, 1.807) is 28.8 Å². The Morgan fingerprint density at radius 2 is 1.82 bits per heavy atom. The molecule has 5 rings (SSSR count). The third-order valence-electron chi connectivity index (χ3n) is 7.64. The van der Waals surface area contributed by atoms with E-state index in [0.717, 1.165) is 33.7 Å². The number of ketones is 1. The van der Waals surface area contributed by atoms with Crippen LogP contribution in [-0.4, -0.2) is 10.7 Å². The molecule has 1 atom stereocenters. The average molecular weight is 551 g/mol. The van der Waals surface area contributed by atoms with E-state index in [2.05, 4.69) is 49.4 Å². The molecule has 1 aliphatic heterocycles. The summed E-state index contributed by atoms with van der Waals surface area (Å²) < 4.78 is 0. The first-order chi connectivity index (χ1) is 19.2. The van der Waals surface area contributed by atoms with E-state index in [1.807, 2.05) is 13.8 Å². The van der Waals surface area contributed by atoms with Gasteiger partial charge in [-0.05, 0) is 68.5 Å². The summed E-state index contributed by atoms with van der Waals surface area (Å²) in [6.07, 6.45) is 1.62. The van der Waals surface area contributed by atoms with Gasteiger partial charge in [-0.1, -0.05) is 41.5 Å². The zero-order valence-corrected chi connectivity index (χ0v) is 23.5. The highest BCUT2D eigenvalue weighted by atomic mass is 32.2. The minimum absolute atomic E-state index is 0.0154. The van der Waals surface area contributed by atoms with Gasteiger partial charge in [-0.2, -0.15) is 5.26 Å². The number of nitro benzene ring substituents is 1. The lowest BCUT2D eigenvalue weighted by Gasteiger charge is -2.40. The van der Waals surface area contributed by atoms with Crippen LogP contribution in [0.2, 0.25) is 0 Å². The van der Waals surface area contributed by atoms with E-state index in [0.29, 0.717) is 30.5 Å². The highest BCUT2D eigenvalue weighted by Crippen LogP contribution is 2.48. The van der Waals surface area contributed by atoms with Gasteiger partial charge in [0.1, 0.15) is 5.82 Å². The van der Waals surface area contributed by atoms with Crippen LogP contribution in [0, 0.1) is 42.2 Å². The molecule has 2 N–H and O–H groups in total. The number of benzene rings is 3. The van der Waals surface area contributed by atoms with Crippen molar-refractivity contribution < 1.29 is 9.72 Å². The molecule has 0 amide bonds. The predicted octanol–water partition coefficient (Wildman–Crippen LogP) is 7.12. The molecule has 0 spiro atoms. The number of hydrogen-bond donors (Lipinski definition) is 1. The number of nitrogens with two attached hydrogens (primary N) is 1. The molecular weight excluding hydrogens is 520 g/mol. The topological polar surface area (TPSA) is 113 Å². The Morgan fingerprint density at radius 3 is 2.52 bits per heavy atom. The number of hydrogen-bond acceptors (Lipinski definition) is 7. The van der Waals surface area contributed by atoms with Crippen LogP contribution >= 0.6 is 11.8 Å². The van der Waals surface area contributed by atoms with Gasteiger partial charge in [-0.15, -0.1) is 11.8 Å². The lowest BCUT2D eigenvalue weighted by Crippen LogP contribution is -2.39. The summed E-state index contributed by atoms with van der Waals surface area (Å²) in [4.78, 5) is 27.5. The van der Waals surface area contributed by atoms with E-state index < -0.39 is 10.8 Å². The Bertz CT molecular complexity index is 1630. The summed E-state index contributed by atoms with van der Waals surface area (Å²) in [5.74, 6) is 0.346. The minimum Gasteiger partial charge on any atom is -0.384 e. The van der Waals surface area contributed by atoms with Gasteiger partial charge in [0, 0.05) is 40.5 Å². The molecule has 0 aromatic heterocycles. The number of carbonyl (C=O) groups excluding carboxylic acids is 1. The number of allylic oxidation sites excluding steroid dienone is 3. The van der Waals surface area contributed by atoms with Crippen LogP contribution in [-0.2, 0) is 10.5 Å². The van der Waals surface area contributed by atoms with Gasteiger partial charge in [-0.3, -0.25) is 19.8 Å². The number of rotatable bonds is 6. The predicted molar refractivity (Wildman–Crippen MR) is 158 cm³/mol. The van der Waals surface area contributed by atoms with Crippen molar-refractivity contribution in [1.82, 2.24) is 0 Å². The number of nitro groups is 1. The molecule has 0 fully saturated rings. The fraction of sp³-hybridized carbons (Fsp3) is 0.250. The molecule has 0 saturated heterocycles. The molecule has 1 unspecified atom stereocenters. The number of Topliss-reactive ketones (excluding diaryl/α,β-unsaturated/α-hetero) is 1. The second kappa shape index (κ2) is 11.0. The molecule has 1 aliphatic carbocycles. The molecular formula is C32H30N4O3S. The molecule has 202 valence electrons. The Labute approximate surface area is 238 Å². The Kier molecular flexibility index (Phi) is 7.51. The van der Waals surface area contributed by atoms with Crippen molar-refractivity contribution in [2.24, 2.45) is 5.73 Å². The minimum atomic E-state index is -0.592. The monoisotopic (exact) mass is 550 g/mol. The second-order valence-corrected chi connectivity index (χ2v) is 11.4. The quantitative estimate of drug-likeness (QED) is 0.197. The summed E-state index contributed by atoms with van der Waals surface area (Å²) in [6, 6.07) is 21.1. The first-order valence-corrected chi connectivity index (χ1v) is 14.2. The van der Waals surface area contributed by atoms with E-state index in [-0.39, 0.29) is 22.9 Å². The van der Waals surface area contributed by atoms with Gasteiger partial charge in [0.15, 0.2) is 5.78 Å². The number of nitrogens with zero attached hydrogens (tertiary/aromatic N) is 3. The Morgan fingerprint density at radius 1 is 1.07 bits per heavy atom. The molecule has 7 nitrogen and oxygen atoms in total. The van der Waals surface area contributed by atoms with Crippen LogP contribution in [0.15, 0.2) is 88.2 Å². The van der Waals surface area contributed by atoms with Crippen molar-refractivity contribution in [3.63, 3.8) is 0 Å². The number of anilines is 1. The maximum atomic E-state index is 13.6. The second-order valence-electron chi connectivity index (χ2n) is 10.3. The van der Waals surface area contributed by atoms with Gasteiger partial charge in [-0.25, -0.2) is 0 Å². The maximum absolute atomic E-state index is 13.6.